The summed E-state index contributed by atoms with van der Waals surface area (Å²) in [7, 11) is -1.59. The van der Waals surface area contributed by atoms with Crippen LogP contribution in [0.3, 0.4) is 0 Å². The Bertz CT molecular complexity index is 467. The molecule has 0 radical (unpaired) electrons. The molecule has 0 saturated carbocycles. The fourth-order valence-corrected chi connectivity index (χ4v) is 3.82. The minimum atomic E-state index is -3.22. The molecule has 100 valence electrons. The van der Waals surface area contributed by atoms with E-state index in [1.54, 1.807) is 7.05 Å². The molecule has 1 aromatic carbocycles. The molecule has 1 N–H and O–H groups in total. The molecule has 18 heavy (non-hydrogen) atoms. The van der Waals surface area contributed by atoms with Crippen LogP contribution in [-0.4, -0.2) is 34.3 Å². The van der Waals surface area contributed by atoms with Crippen molar-refractivity contribution < 1.29 is 8.42 Å². The summed E-state index contributed by atoms with van der Waals surface area (Å²) in [5.74, 6) is 0.459. The van der Waals surface area contributed by atoms with Crippen molar-refractivity contribution in [2.45, 2.75) is 12.8 Å². The summed E-state index contributed by atoms with van der Waals surface area (Å²) in [4.78, 5) is 0. The molecule has 1 aliphatic heterocycles. The largest absolute Gasteiger partial charge is 0.316 e. The molecule has 1 unspecified atom stereocenters. The first-order chi connectivity index (χ1) is 8.59. The van der Waals surface area contributed by atoms with E-state index in [9.17, 15) is 8.42 Å². The molecule has 5 heteroatoms. The van der Waals surface area contributed by atoms with Gasteiger partial charge in [0, 0.05) is 7.05 Å². The van der Waals surface area contributed by atoms with Crippen LogP contribution in [0.1, 0.15) is 12.8 Å². The van der Waals surface area contributed by atoms with Gasteiger partial charge in [-0.05, 0) is 44.0 Å². The second kappa shape index (κ2) is 5.71. The minimum Gasteiger partial charge on any atom is -0.316 e. The average molecular weight is 268 g/mol. The number of para-hydroxylation sites is 1. The molecule has 0 aromatic heterocycles. The zero-order valence-corrected chi connectivity index (χ0v) is 11.5. The monoisotopic (exact) mass is 268 g/mol. The van der Waals surface area contributed by atoms with Crippen LogP contribution in [0.5, 0.6) is 0 Å². The molecule has 2 rings (SSSR count). The summed E-state index contributed by atoms with van der Waals surface area (Å²) < 4.78 is 26.0. The Kier molecular flexibility index (Phi) is 4.24. The maximum absolute atomic E-state index is 12.3. The van der Waals surface area contributed by atoms with Crippen molar-refractivity contribution in [2.75, 3.05) is 30.2 Å². The third-order valence-corrected chi connectivity index (χ3v) is 5.32. The van der Waals surface area contributed by atoms with Gasteiger partial charge >= 0.3 is 0 Å². The first-order valence-corrected chi connectivity index (χ1v) is 7.93. The van der Waals surface area contributed by atoms with Crippen LogP contribution in [0.25, 0.3) is 0 Å². The average Bonchev–Trinajstić information content (AvgIpc) is 2.39. The Morgan fingerprint density at radius 1 is 1.33 bits per heavy atom. The van der Waals surface area contributed by atoms with E-state index >= 15 is 0 Å². The molecule has 1 aliphatic rings. The summed E-state index contributed by atoms with van der Waals surface area (Å²) in [5, 5.41) is 3.25. The van der Waals surface area contributed by atoms with Crippen molar-refractivity contribution in [3.8, 4) is 0 Å². The molecule has 0 spiro atoms. The van der Waals surface area contributed by atoms with Crippen molar-refractivity contribution >= 4 is 15.7 Å². The summed E-state index contributed by atoms with van der Waals surface area (Å²) >= 11 is 0. The van der Waals surface area contributed by atoms with E-state index in [4.69, 9.17) is 0 Å². The van der Waals surface area contributed by atoms with Crippen LogP contribution in [-0.2, 0) is 10.0 Å². The van der Waals surface area contributed by atoms with Crippen molar-refractivity contribution in [3.05, 3.63) is 30.3 Å². The van der Waals surface area contributed by atoms with Crippen molar-refractivity contribution in [3.63, 3.8) is 0 Å². The molecule has 1 heterocycles. The number of nitrogens with one attached hydrogen (secondary N) is 1. The van der Waals surface area contributed by atoms with Gasteiger partial charge < -0.3 is 5.32 Å². The number of hydrogen-bond donors (Lipinski definition) is 1. The second-order valence-corrected chi connectivity index (χ2v) is 6.84. The van der Waals surface area contributed by atoms with E-state index in [1.807, 2.05) is 30.3 Å². The van der Waals surface area contributed by atoms with Crippen LogP contribution < -0.4 is 9.62 Å². The predicted octanol–water partition coefficient (Wildman–Crippen LogP) is 1.45. The van der Waals surface area contributed by atoms with Gasteiger partial charge in [0.05, 0.1) is 11.4 Å². The van der Waals surface area contributed by atoms with Crippen LogP contribution in [0.4, 0.5) is 5.69 Å². The van der Waals surface area contributed by atoms with Crippen molar-refractivity contribution in [1.29, 1.82) is 0 Å². The van der Waals surface area contributed by atoms with Crippen LogP contribution in [0.15, 0.2) is 30.3 Å². The Morgan fingerprint density at radius 2 is 2.06 bits per heavy atom. The number of piperidine rings is 1. The number of rotatable bonds is 4. The molecule has 1 aromatic rings. The van der Waals surface area contributed by atoms with Gasteiger partial charge in [0.25, 0.3) is 0 Å². The first-order valence-electron chi connectivity index (χ1n) is 6.32. The van der Waals surface area contributed by atoms with E-state index in [0.717, 1.165) is 31.6 Å². The molecule has 0 aliphatic carbocycles. The number of sulfonamides is 1. The summed E-state index contributed by atoms with van der Waals surface area (Å²) in [6.45, 7) is 1.81. The first kappa shape index (κ1) is 13.4. The maximum atomic E-state index is 12.3. The van der Waals surface area contributed by atoms with Gasteiger partial charge in [-0.25, -0.2) is 8.42 Å². The molecular weight excluding hydrogens is 248 g/mol. The van der Waals surface area contributed by atoms with Gasteiger partial charge in [-0.3, -0.25) is 4.31 Å². The third-order valence-electron chi connectivity index (χ3n) is 3.38. The highest BCUT2D eigenvalue weighted by Crippen LogP contribution is 2.19. The SMILES string of the molecule is CN(c1ccccc1)S(=O)(=O)CC1CCCNC1. The smallest absolute Gasteiger partial charge is 0.235 e. The Balaban J connectivity index is 2.06. The maximum Gasteiger partial charge on any atom is 0.235 e. The van der Waals surface area contributed by atoms with Crippen molar-refractivity contribution in [1.82, 2.24) is 5.32 Å². The Labute approximate surface area is 109 Å². The Morgan fingerprint density at radius 3 is 2.67 bits per heavy atom. The van der Waals surface area contributed by atoms with E-state index < -0.39 is 10.0 Å². The van der Waals surface area contributed by atoms with Gasteiger partial charge in [-0.1, -0.05) is 18.2 Å². The lowest BCUT2D eigenvalue weighted by Crippen LogP contribution is -2.38. The van der Waals surface area contributed by atoms with Gasteiger partial charge in [-0.15, -0.1) is 0 Å². The highest BCUT2D eigenvalue weighted by molar-refractivity contribution is 7.92. The van der Waals surface area contributed by atoms with E-state index in [2.05, 4.69) is 5.32 Å². The van der Waals surface area contributed by atoms with E-state index in [0.29, 0.717) is 0 Å². The predicted molar refractivity (Wildman–Crippen MR) is 74.2 cm³/mol. The fraction of sp³-hybridized carbons (Fsp3) is 0.538. The molecule has 1 atom stereocenters. The number of hydrogen-bond acceptors (Lipinski definition) is 3. The van der Waals surface area contributed by atoms with Gasteiger partial charge in [0.2, 0.25) is 10.0 Å². The van der Waals surface area contributed by atoms with Crippen molar-refractivity contribution in [2.24, 2.45) is 5.92 Å². The number of benzene rings is 1. The van der Waals surface area contributed by atoms with E-state index in [1.165, 1.54) is 4.31 Å². The third kappa shape index (κ3) is 3.23. The Hall–Kier alpha value is -1.07. The zero-order chi connectivity index (χ0) is 13.0. The molecule has 4 nitrogen and oxygen atoms in total. The minimum absolute atomic E-state index is 0.228. The quantitative estimate of drug-likeness (QED) is 0.899. The van der Waals surface area contributed by atoms with E-state index in [-0.39, 0.29) is 11.7 Å². The van der Waals surface area contributed by atoms with Crippen LogP contribution in [0, 0.1) is 5.92 Å². The lowest BCUT2D eigenvalue weighted by molar-refractivity contribution is 0.404. The lowest BCUT2D eigenvalue weighted by Gasteiger charge is -2.26. The fourth-order valence-electron chi connectivity index (χ4n) is 2.27. The summed E-state index contributed by atoms with van der Waals surface area (Å²) in [5.41, 5.74) is 0.723. The molecule has 1 saturated heterocycles. The molecule has 0 bridgehead atoms. The molecular formula is C13H20N2O2S. The standard InChI is InChI=1S/C13H20N2O2S/c1-15(13-7-3-2-4-8-13)18(16,17)11-12-6-5-9-14-10-12/h2-4,7-8,12,14H,5-6,9-11H2,1H3. The zero-order valence-electron chi connectivity index (χ0n) is 10.7. The summed E-state index contributed by atoms with van der Waals surface area (Å²) in [6, 6.07) is 9.22. The van der Waals surface area contributed by atoms with Gasteiger partial charge in [0.1, 0.15) is 0 Å². The van der Waals surface area contributed by atoms with Crippen LogP contribution in [0.2, 0.25) is 0 Å². The molecule has 1 fully saturated rings. The second-order valence-electron chi connectivity index (χ2n) is 4.79. The highest BCUT2D eigenvalue weighted by Gasteiger charge is 2.24. The molecule has 0 amide bonds. The summed E-state index contributed by atoms with van der Waals surface area (Å²) in [6.07, 6.45) is 2.06. The normalized spacial score (nSPS) is 20.6. The van der Waals surface area contributed by atoms with Gasteiger partial charge in [-0.2, -0.15) is 0 Å². The van der Waals surface area contributed by atoms with Crippen LogP contribution >= 0.6 is 0 Å². The topological polar surface area (TPSA) is 49.4 Å². The van der Waals surface area contributed by atoms with Gasteiger partial charge in [0.15, 0.2) is 0 Å². The number of anilines is 1. The lowest BCUT2D eigenvalue weighted by atomic mass is 10.0. The highest BCUT2D eigenvalue weighted by atomic mass is 32.2. The number of nitrogens with zero attached hydrogens (tertiary/aromatic N) is 1.